The van der Waals surface area contributed by atoms with Gasteiger partial charge in [-0.15, -0.1) is 0 Å². The van der Waals surface area contributed by atoms with Gasteiger partial charge in [0.15, 0.2) is 0 Å². The van der Waals surface area contributed by atoms with E-state index < -0.39 is 11.7 Å². The molecule has 0 atom stereocenters. The minimum Gasteiger partial charge on any atom is -0.310 e. The Labute approximate surface area is 395 Å². The predicted octanol–water partition coefficient (Wildman–Crippen LogP) is 18.0. The van der Waals surface area contributed by atoms with E-state index in [-0.39, 0.29) is 0 Å². The van der Waals surface area contributed by atoms with E-state index in [0.29, 0.717) is 5.52 Å². The molecule has 0 aliphatic carbocycles. The second kappa shape index (κ2) is 15.9. The second-order valence-corrected chi connectivity index (χ2v) is 17.7. The summed E-state index contributed by atoms with van der Waals surface area (Å²) in [5, 5.41) is 8.61. The number of aromatic nitrogens is 2. The SMILES string of the molecule is FC(F)(F)c1ccc2c3cc(-c4ccc5c(c4)c4ccccc4n5-c4ccccc4)ccc3n(-c3ccc(-c4ccc(N(c5ccc6ccccc6c5)c5ccc6ccccc6c5)cc4)cc3)c2c1. The quantitative estimate of drug-likeness (QED) is 0.155. The molecule has 0 radical (unpaired) electrons. The van der Waals surface area contributed by atoms with Crippen LogP contribution in [0, 0.1) is 0 Å². The Bertz CT molecular complexity index is 4030. The molecule has 3 nitrogen and oxygen atoms in total. The number of para-hydroxylation sites is 2. The van der Waals surface area contributed by atoms with Gasteiger partial charge in [-0.05, 0) is 147 Å². The molecule has 13 aromatic rings. The summed E-state index contributed by atoms with van der Waals surface area (Å²) >= 11 is 0. The number of nitrogens with zero attached hydrogens (tertiary/aromatic N) is 3. The molecule has 0 bridgehead atoms. The summed E-state index contributed by atoms with van der Waals surface area (Å²) in [5.74, 6) is 0. The van der Waals surface area contributed by atoms with Gasteiger partial charge in [0.1, 0.15) is 0 Å². The minimum absolute atomic E-state index is 0.498. The third-order valence-electron chi connectivity index (χ3n) is 13.7. The first-order chi connectivity index (χ1) is 33.8. The van der Waals surface area contributed by atoms with Crippen molar-refractivity contribution in [1.29, 1.82) is 0 Å². The number of rotatable bonds is 7. The number of fused-ring (bicyclic) bond motifs is 8. The molecule has 2 aromatic heterocycles. The molecular formula is C63H40F3N3. The molecular weight excluding hydrogens is 856 g/mol. The third kappa shape index (κ3) is 6.91. The van der Waals surface area contributed by atoms with Crippen molar-refractivity contribution in [3.63, 3.8) is 0 Å². The molecule has 0 spiro atoms. The van der Waals surface area contributed by atoms with Gasteiger partial charge in [0.2, 0.25) is 0 Å². The van der Waals surface area contributed by atoms with E-state index in [4.69, 9.17) is 0 Å². The van der Waals surface area contributed by atoms with E-state index in [0.717, 1.165) is 99.6 Å². The average molecular weight is 896 g/mol. The van der Waals surface area contributed by atoms with E-state index in [1.807, 2.05) is 28.8 Å². The number of anilines is 3. The van der Waals surface area contributed by atoms with Crippen molar-refractivity contribution in [2.45, 2.75) is 6.18 Å². The number of hydrogen-bond donors (Lipinski definition) is 0. The molecule has 0 saturated carbocycles. The molecule has 0 unspecified atom stereocenters. The van der Waals surface area contributed by atoms with E-state index in [2.05, 4.69) is 210 Å². The Balaban J connectivity index is 0.879. The topological polar surface area (TPSA) is 13.1 Å². The maximum absolute atomic E-state index is 14.4. The number of hydrogen-bond acceptors (Lipinski definition) is 1. The van der Waals surface area contributed by atoms with Crippen LogP contribution in [0.4, 0.5) is 30.2 Å². The average Bonchev–Trinajstić information content (AvgIpc) is 3.91. The highest BCUT2D eigenvalue weighted by Crippen LogP contribution is 2.42. The maximum Gasteiger partial charge on any atom is 0.416 e. The summed E-state index contributed by atoms with van der Waals surface area (Å²) < 4.78 is 47.3. The molecule has 0 amide bonds. The summed E-state index contributed by atoms with van der Waals surface area (Å²) in [6.45, 7) is 0. The summed E-state index contributed by atoms with van der Waals surface area (Å²) in [6.07, 6.45) is -4.50. The Morgan fingerprint density at radius 3 is 1.33 bits per heavy atom. The van der Waals surface area contributed by atoms with Crippen LogP contribution in [0.2, 0.25) is 0 Å². The smallest absolute Gasteiger partial charge is 0.310 e. The Hall–Kier alpha value is -8.87. The van der Waals surface area contributed by atoms with Gasteiger partial charge in [0.25, 0.3) is 0 Å². The van der Waals surface area contributed by atoms with Crippen LogP contribution in [0.15, 0.2) is 243 Å². The fourth-order valence-corrected chi connectivity index (χ4v) is 10.3. The first-order valence-electron chi connectivity index (χ1n) is 23.1. The summed E-state index contributed by atoms with van der Waals surface area (Å²) in [5.41, 5.74) is 11.9. The van der Waals surface area contributed by atoms with Gasteiger partial charge in [-0.1, -0.05) is 140 Å². The molecule has 328 valence electrons. The molecule has 0 aliphatic rings. The van der Waals surface area contributed by atoms with E-state index >= 15 is 0 Å². The van der Waals surface area contributed by atoms with Crippen molar-refractivity contribution >= 4 is 82.2 Å². The van der Waals surface area contributed by atoms with Crippen LogP contribution in [0.25, 0.3) is 98.8 Å². The van der Waals surface area contributed by atoms with Crippen molar-refractivity contribution in [1.82, 2.24) is 9.13 Å². The molecule has 2 heterocycles. The lowest BCUT2D eigenvalue weighted by Gasteiger charge is -2.26. The zero-order valence-electron chi connectivity index (χ0n) is 37.1. The van der Waals surface area contributed by atoms with Crippen molar-refractivity contribution in [3.05, 3.63) is 248 Å². The first-order valence-corrected chi connectivity index (χ1v) is 23.1. The number of halogens is 3. The van der Waals surface area contributed by atoms with Crippen LogP contribution >= 0.6 is 0 Å². The lowest BCUT2D eigenvalue weighted by Crippen LogP contribution is -2.09. The van der Waals surface area contributed by atoms with Crippen LogP contribution in [-0.4, -0.2) is 9.13 Å². The molecule has 13 rings (SSSR count). The summed E-state index contributed by atoms with van der Waals surface area (Å²) in [6, 6.07) is 82.3. The fourth-order valence-electron chi connectivity index (χ4n) is 10.3. The highest BCUT2D eigenvalue weighted by atomic mass is 19.4. The van der Waals surface area contributed by atoms with Gasteiger partial charge >= 0.3 is 6.18 Å². The van der Waals surface area contributed by atoms with E-state index in [1.54, 1.807) is 6.07 Å². The molecule has 0 saturated heterocycles. The molecule has 11 aromatic carbocycles. The van der Waals surface area contributed by atoms with E-state index in [9.17, 15) is 13.2 Å². The van der Waals surface area contributed by atoms with Gasteiger partial charge in [-0.25, -0.2) is 0 Å². The number of alkyl halides is 3. The Kier molecular flexibility index (Phi) is 9.31. The molecule has 6 heteroatoms. The normalized spacial score (nSPS) is 12.0. The van der Waals surface area contributed by atoms with Gasteiger partial charge in [-0.2, -0.15) is 13.2 Å². The lowest BCUT2D eigenvalue weighted by atomic mass is 10.0. The van der Waals surface area contributed by atoms with Crippen LogP contribution in [-0.2, 0) is 6.18 Å². The van der Waals surface area contributed by atoms with Gasteiger partial charge in [0.05, 0.1) is 27.6 Å². The zero-order valence-corrected chi connectivity index (χ0v) is 37.1. The molecule has 69 heavy (non-hydrogen) atoms. The standard InChI is InChI=1S/C63H40F3N3/c64-63(65,66)49-26-33-56-58-39-48(47-24-34-60-57(38-47)55-16-8-9-17-59(55)68(60)50-14-2-1-3-15-50)25-35-61(58)69(62(56)40-49)52-29-20-44(21-30-52)43-18-27-51(28-19-43)67(53-31-22-41-10-4-6-12-45(41)36-53)54-32-23-42-11-5-7-13-46(42)37-54/h1-40H. The largest absolute Gasteiger partial charge is 0.416 e. The molecule has 0 N–H and O–H groups in total. The Morgan fingerprint density at radius 1 is 0.290 bits per heavy atom. The zero-order chi connectivity index (χ0) is 46.2. The van der Waals surface area contributed by atoms with Gasteiger partial charge < -0.3 is 14.0 Å². The predicted molar refractivity (Wildman–Crippen MR) is 281 cm³/mol. The van der Waals surface area contributed by atoms with Crippen molar-refractivity contribution in [3.8, 4) is 33.6 Å². The van der Waals surface area contributed by atoms with Crippen LogP contribution in [0.5, 0.6) is 0 Å². The van der Waals surface area contributed by atoms with Gasteiger partial charge in [-0.3, -0.25) is 0 Å². The van der Waals surface area contributed by atoms with Crippen molar-refractivity contribution in [2.75, 3.05) is 4.90 Å². The highest BCUT2D eigenvalue weighted by Gasteiger charge is 2.31. The lowest BCUT2D eigenvalue weighted by molar-refractivity contribution is -0.137. The highest BCUT2D eigenvalue weighted by molar-refractivity contribution is 6.13. The fraction of sp³-hybridized carbons (Fsp3) is 0.0159. The summed E-state index contributed by atoms with van der Waals surface area (Å²) in [4.78, 5) is 2.29. The Morgan fingerprint density at radius 2 is 0.739 bits per heavy atom. The third-order valence-corrected chi connectivity index (χ3v) is 13.7. The maximum atomic E-state index is 14.4. The minimum atomic E-state index is -4.50. The second-order valence-electron chi connectivity index (χ2n) is 17.7. The molecule has 0 fully saturated rings. The monoisotopic (exact) mass is 895 g/mol. The molecule has 0 aliphatic heterocycles. The van der Waals surface area contributed by atoms with Crippen LogP contribution in [0.1, 0.15) is 5.56 Å². The van der Waals surface area contributed by atoms with Crippen molar-refractivity contribution in [2.24, 2.45) is 0 Å². The van der Waals surface area contributed by atoms with Gasteiger partial charge in [0, 0.05) is 50.0 Å². The van der Waals surface area contributed by atoms with E-state index in [1.165, 1.54) is 22.9 Å². The summed E-state index contributed by atoms with van der Waals surface area (Å²) in [7, 11) is 0. The number of benzene rings is 11. The van der Waals surface area contributed by atoms with Crippen molar-refractivity contribution < 1.29 is 13.2 Å². The van der Waals surface area contributed by atoms with Crippen LogP contribution in [0.3, 0.4) is 0 Å². The first kappa shape index (κ1) is 40.4. The van der Waals surface area contributed by atoms with Crippen LogP contribution < -0.4 is 4.90 Å².